The molecular weight excluding hydrogens is 506 g/mol. The Morgan fingerprint density at radius 2 is 1.97 bits per heavy atom. The number of carbonyl (C=O) groups is 1. The van der Waals surface area contributed by atoms with Crippen LogP contribution in [0.1, 0.15) is 19.8 Å². The van der Waals surface area contributed by atoms with Crippen LogP contribution in [0.4, 0.5) is 11.8 Å². The number of benzene rings is 1. The fourth-order valence-corrected chi connectivity index (χ4v) is 6.19. The van der Waals surface area contributed by atoms with E-state index in [0.717, 1.165) is 41.7 Å². The van der Waals surface area contributed by atoms with Crippen molar-refractivity contribution in [1.29, 1.82) is 0 Å². The van der Waals surface area contributed by atoms with Gasteiger partial charge >= 0.3 is 0 Å². The Morgan fingerprint density at radius 3 is 2.58 bits per heavy atom. The lowest BCUT2D eigenvalue weighted by Gasteiger charge is -2.41. The fraction of sp³-hybridized carbons (Fsp3) is 0.478. The lowest BCUT2D eigenvalue weighted by atomic mass is 9.73. The number of carboxylic acid groups (broad SMARTS) is 1. The molecule has 0 aliphatic carbocycles. The van der Waals surface area contributed by atoms with Gasteiger partial charge in [0.05, 0.1) is 23.3 Å². The number of halogens is 1. The summed E-state index contributed by atoms with van der Waals surface area (Å²) in [5.74, 6) is 0.779. The van der Waals surface area contributed by atoms with Crippen LogP contribution in [0.25, 0.3) is 10.9 Å². The van der Waals surface area contributed by atoms with E-state index in [-0.39, 0.29) is 35.4 Å². The van der Waals surface area contributed by atoms with Crippen LogP contribution >= 0.6 is 23.4 Å². The number of piperidine rings is 1. The van der Waals surface area contributed by atoms with Gasteiger partial charge in [-0.2, -0.15) is 10.1 Å². The topological polar surface area (TPSA) is 155 Å². The van der Waals surface area contributed by atoms with Gasteiger partial charge in [-0.3, -0.25) is 18.8 Å². The lowest BCUT2D eigenvalue weighted by molar-refractivity contribution is -0.122. The summed E-state index contributed by atoms with van der Waals surface area (Å²) in [6, 6.07) is 3.77. The molecule has 2 aliphatic rings. The molecule has 1 spiro atoms. The van der Waals surface area contributed by atoms with E-state index in [1.807, 2.05) is 32.3 Å². The molecule has 4 heterocycles. The van der Waals surface area contributed by atoms with E-state index in [9.17, 15) is 4.79 Å². The zero-order chi connectivity index (χ0) is 26.2. The number of nitrogen functional groups attached to an aromatic ring is 1. The Kier molecular flexibility index (Phi) is 7.51. The standard InChI is InChI=1S/C22H28ClN7O2S.CH2O2/c1-12-18(24)22(11-32-12)6-8-30(9-7-22)21-26-19(25)17(20(31)29(21)3)33-15-5-4-14-13(16(15)23)10-28(2)27-14;2-1-3/h4-5,10,12,18H,6-9,11,24-25H2,1-3H3;1H,(H,2,3)/t12-,18+;/m0./s1. The second-order valence-electron chi connectivity index (χ2n) is 9.20. The number of nitrogens with zero attached hydrogens (tertiary/aromatic N) is 5. The summed E-state index contributed by atoms with van der Waals surface area (Å²) >= 11 is 7.85. The van der Waals surface area contributed by atoms with Crippen molar-refractivity contribution in [1.82, 2.24) is 19.3 Å². The quantitative estimate of drug-likeness (QED) is 0.424. The van der Waals surface area contributed by atoms with E-state index in [1.165, 1.54) is 11.8 Å². The molecule has 36 heavy (non-hydrogen) atoms. The highest BCUT2D eigenvalue weighted by molar-refractivity contribution is 7.99. The zero-order valence-corrected chi connectivity index (χ0v) is 21.9. The third kappa shape index (κ3) is 4.65. The number of nitrogens with two attached hydrogens (primary N) is 2. The molecule has 5 rings (SSSR count). The van der Waals surface area contributed by atoms with Crippen molar-refractivity contribution < 1.29 is 14.6 Å². The molecule has 13 heteroatoms. The maximum Gasteiger partial charge on any atom is 0.290 e. The summed E-state index contributed by atoms with van der Waals surface area (Å²) in [6.07, 6.45) is 3.72. The summed E-state index contributed by atoms with van der Waals surface area (Å²) < 4.78 is 9.10. The van der Waals surface area contributed by atoms with Crippen LogP contribution in [0, 0.1) is 5.41 Å². The molecule has 2 aromatic heterocycles. The van der Waals surface area contributed by atoms with Crippen molar-refractivity contribution in [2.45, 2.75) is 41.7 Å². The number of fused-ring (bicyclic) bond motifs is 1. The molecule has 0 radical (unpaired) electrons. The average molecular weight is 536 g/mol. The highest BCUT2D eigenvalue weighted by Gasteiger charge is 2.47. The monoisotopic (exact) mass is 535 g/mol. The van der Waals surface area contributed by atoms with Crippen molar-refractivity contribution >= 4 is 52.5 Å². The Balaban J connectivity index is 0.000000967. The number of anilines is 2. The Hall–Kier alpha value is -2.80. The minimum Gasteiger partial charge on any atom is -0.483 e. The largest absolute Gasteiger partial charge is 0.483 e. The maximum absolute atomic E-state index is 13.3. The van der Waals surface area contributed by atoms with Crippen molar-refractivity contribution in [2.75, 3.05) is 30.3 Å². The normalized spacial score (nSPS) is 21.0. The van der Waals surface area contributed by atoms with Gasteiger partial charge in [0.25, 0.3) is 12.0 Å². The van der Waals surface area contributed by atoms with Gasteiger partial charge < -0.3 is 26.2 Å². The minimum absolute atomic E-state index is 0.00217. The summed E-state index contributed by atoms with van der Waals surface area (Å²) in [5.41, 5.74) is 13.3. The number of aryl methyl sites for hydroxylation is 1. The maximum atomic E-state index is 13.3. The molecule has 0 amide bonds. The molecule has 2 aliphatic heterocycles. The number of ether oxygens (including phenoxy) is 1. The predicted molar refractivity (Wildman–Crippen MR) is 140 cm³/mol. The van der Waals surface area contributed by atoms with Crippen LogP contribution in [0.3, 0.4) is 0 Å². The first kappa shape index (κ1) is 26.3. The molecule has 0 bridgehead atoms. The second kappa shape index (κ2) is 10.3. The van der Waals surface area contributed by atoms with Gasteiger partial charge in [-0.1, -0.05) is 23.4 Å². The van der Waals surface area contributed by atoms with Crippen LogP contribution < -0.4 is 21.9 Å². The van der Waals surface area contributed by atoms with E-state index in [1.54, 1.807) is 16.3 Å². The second-order valence-corrected chi connectivity index (χ2v) is 10.6. The summed E-state index contributed by atoms with van der Waals surface area (Å²) in [4.78, 5) is 29.5. The molecule has 0 saturated carbocycles. The van der Waals surface area contributed by atoms with E-state index >= 15 is 0 Å². The van der Waals surface area contributed by atoms with Gasteiger partial charge in [-0.05, 0) is 31.9 Å². The number of rotatable bonds is 3. The molecule has 2 atom stereocenters. The van der Waals surface area contributed by atoms with Crippen LogP contribution in [0.15, 0.2) is 32.9 Å². The molecule has 0 unspecified atom stereocenters. The fourth-order valence-electron chi connectivity index (χ4n) is 4.94. The SMILES string of the molecule is C[C@@H]1OCC2(CCN(c3nc(N)c(Sc4ccc5nn(C)cc5c4Cl)c(=O)n3C)CC2)[C@@H]1N.O=CO. The summed E-state index contributed by atoms with van der Waals surface area (Å²) in [5, 5.41) is 12.6. The molecule has 11 nitrogen and oxygen atoms in total. The van der Waals surface area contributed by atoms with Gasteiger partial charge in [-0.25, -0.2) is 0 Å². The number of hydrogen-bond donors (Lipinski definition) is 3. The number of hydrogen-bond acceptors (Lipinski definition) is 9. The lowest BCUT2D eigenvalue weighted by Crippen LogP contribution is -2.51. The Labute approximate surface area is 217 Å². The molecule has 1 aromatic carbocycles. The molecule has 5 N–H and O–H groups in total. The minimum atomic E-state index is -0.250. The van der Waals surface area contributed by atoms with Gasteiger partial charge in [0.2, 0.25) is 5.95 Å². The third-order valence-electron chi connectivity index (χ3n) is 7.06. The number of aromatic nitrogens is 4. The van der Waals surface area contributed by atoms with Gasteiger partial charge in [0.1, 0.15) is 10.7 Å². The first-order valence-electron chi connectivity index (χ1n) is 11.5. The van der Waals surface area contributed by atoms with E-state index in [4.69, 9.17) is 37.7 Å². The van der Waals surface area contributed by atoms with Gasteiger partial charge in [0.15, 0.2) is 0 Å². The van der Waals surface area contributed by atoms with Crippen molar-refractivity contribution in [3.05, 3.63) is 33.7 Å². The summed E-state index contributed by atoms with van der Waals surface area (Å²) in [6.45, 7) is 3.97. The first-order chi connectivity index (χ1) is 17.1. The van der Waals surface area contributed by atoms with Crippen LogP contribution in [-0.4, -0.2) is 62.8 Å². The smallest absolute Gasteiger partial charge is 0.290 e. The first-order valence-corrected chi connectivity index (χ1v) is 12.7. The highest BCUT2D eigenvalue weighted by Crippen LogP contribution is 2.42. The van der Waals surface area contributed by atoms with Crippen molar-refractivity contribution in [2.24, 2.45) is 25.2 Å². The van der Waals surface area contributed by atoms with Crippen molar-refractivity contribution in [3.8, 4) is 0 Å². The molecule has 2 fully saturated rings. The van der Waals surface area contributed by atoms with Crippen LogP contribution in [-0.2, 0) is 23.6 Å². The summed E-state index contributed by atoms with van der Waals surface area (Å²) in [7, 11) is 3.58. The predicted octanol–water partition coefficient (Wildman–Crippen LogP) is 2.09. The molecule has 2 saturated heterocycles. The Bertz CT molecular complexity index is 1340. The molecule has 194 valence electrons. The molecule has 3 aromatic rings. The van der Waals surface area contributed by atoms with E-state index in [2.05, 4.69) is 15.0 Å². The zero-order valence-electron chi connectivity index (χ0n) is 20.3. The van der Waals surface area contributed by atoms with Gasteiger partial charge in [0, 0.05) is 55.1 Å². The van der Waals surface area contributed by atoms with Gasteiger partial charge in [-0.15, -0.1) is 0 Å². The van der Waals surface area contributed by atoms with Crippen LogP contribution in [0.5, 0.6) is 0 Å². The van der Waals surface area contributed by atoms with E-state index in [0.29, 0.717) is 22.5 Å². The Morgan fingerprint density at radius 1 is 1.31 bits per heavy atom. The van der Waals surface area contributed by atoms with E-state index < -0.39 is 0 Å². The van der Waals surface area contributed by atoms with Crippen LogP contribution in [0.2, 0.25) is 5.02 Å². The highest BCUT2D eigenvalue weighted by atomic mass is 35.5. The van der Waals surface area contributed by atoms with Crippen molar-refractivity contribution in [3.63, 3.8) is 0 Å². The average Bonchev–Trinajstić information content (AvgIpc) is 3.37. The third-order valence-corrected chi connectivity index (χ3v) is 8.72. The molecular formula is C23H30ClN7O4S.